The van der Waals surface area contributed by atoms with E-state index in [0.29, 0.717) is 32.3 Å². The van der Waals surface area contributed by atoms with Gasteiger partial charge in [0.2, 0.25) is 5.91 Å². The SMILES string of the molecule is CCCCOCCNC(=O)CCOC1CCNCC1. The van der Waals surface area contributed by atoms with Gasteiger partial charge in [-0.05, 0) is 32.4 Å². The number of carbonyl (C=O) groups is 1. The van der Waals surface area contributed by atoms with Gasteiger partial charge in [-0.2, -0.15) is 0 Å². The maximum absolute atomic E-state index is 11.5. The van der Waals surface area contributed by atoms with Crippen molar-refractivity contribution >= 4 is 5.91 Å². The predicted molar refractivity (Wildman–Crippen MR) is 75.2 cm³/mol. The van der Waals surface area contributed by atoms with Crippen molar-refractivity contribution in [3.8, 4) is 0 Å². The number of hydrogen-bond acceptors (Lipinski definition) is 4. The van der Waals surface area contributed by atoms with E-state index in [0.717, 1.165) is 45.4 Å². The van der Waals surface area contributed by atoms with Crippen molar-refractivity contribution in [3.05, 3.63) is 0 Å². The first-order valence-corrected chi connectivity index (χ1v) is 7.49. The molecule has 1 saturated heterocycles. The summed E-state index contributed by atoms with van der Waals surface area (Å²) in [7, 11) is 0. The molecule has 0 aromatic heterocycles. The minimum absolute atomic E-state index is 0.0491. The molecule has 19 heavy (non-hydrogen) atoms. The fourth-order valence-electron chi connectivity index (χ4n) is 1.98. The molecule has 1 aliphatic rings. The van der Waals surface area contributed by atoms with E-state index < -0.39 is 0 Å². The standard InChI is InChI=1S/C14H28N2O3/c1-2-3-10-18-12-9-16-14(17)6-11-19-13-4-7-15-8-5-13/h13,15H,2-12H2,1H3,(H,16,17). The zero-order chi connectivity index (χ0) is 13.8. The topological polar surface area (TPSA) is 59.6 Å². The summed E-state index contributed by atoms with van der Waals surface area (Å²) in [6, 6.07) is 0. The molecule has 0 aromatic carbocycles. The van der Waals surface area contributed by atoms with Crippen LogP contribution in [0.5, 0.6) is 0 Å². The third-order valence-electron chi connectivity index (χ3n) is 3.18. The molecular formula is C14H28N2O3. The summed E-state index contributed by atoms with van der Waals surface area (Å²) >= 11 is 0. The molecule has 0 radical (unpaired) electrons. The average Bonchev–Trinajstić information content (AvgIpc) is 2.44. The van der Waals surface area contributed by atoms with Crippen LogP contribution in [0, 0.1) is 0 Å². The van der Waals surface area contributed by atoms with Gasteiger partial charge in [-0.25, -0.2) is 0 Å². The van der Waals surface area contributed by atoms with Gasteiger partial charge in [-0.3, -0.25) is 4.79 Å². The van der Waals surface area contributed by atoms with E-state index in [1.165, 1.54) is 0 Å². The Balaban J connectivity index is 1.87. The molecule has 1 heterocycles. The molecule has 5 nitrogen and oxygen atoms in total. The van der Waals surface area contributed by atoms with E-state index >= 15 is 0 Å². The maximum atomic E-state index is 11.5. The first kappa shape index (κ1) is 16.4. The minimum atomic E-state index is 0.0491. The Kier molecular flexibility index (Phi) is 9.67. The lowest BCUT2D eigenvalue weighted by atomic mass is 10.1. The summed E-state index contributed by atoms with van der Waals surface area (Å²) < 4.78 is 11.1. The number of unbranched alkanes of at least 4 members (excludes halogenated alkanes) is 1. The molecule has 0 bridgehead atoms. The average molecular weight is 272 g/mol. The second-order valence-electron chi connectivity index (χ2n) is 4.89. The van der Waals surface area contributed by atoms with Crippen molar-refractivity contribution < 1.29 is 14.3 Å². The van der Waals surface area contributed by atoms with Crippen LogP contribution in [0.4, 0.5) is 0 Å². The minimum Gasteiger partial charge on any atom is -0.380 e. The number of ether oxygens (including phenoxy) is 2. The summed E-state index contributed by atoms with van der Waals surface area (Å²) in [6.07, 6.45) is 5.09. The molecule has 2 N–H and O–H groups in total. The predicted octanol–water partition coefficient (Wildman–Crippen LogP) is 1.08. The Morgan fingerprint density at radius 3 is 2.79 bits per heavy atom. The lowest BCUT2D eigenvalue weighted by Crippen LogP contribution is -2.33. The Hall–Kier alpha value is -0.650. The Bertz CT molecular complexity index is 231. The van der Waals surface area contributed by atoms with Crippen LogP contribution in [-0.4, -0.2) is 51.5 Å². The third-order valence-corrected chi connectivity index (χ3v) is 3.18. The molecule has 0 spiro atoms. The second-order valence-corrected chi connectivity index (χ2v) is 4.89. The second kappa shape index (κ2) is 11.2. The number of amides is 1. The van der Waals surface area contributed by atoms with E-state index in [2.05, 4.69) is 17.6 Å². The largest absolute Gasteiger partial charge is 0.380 e. The van der Waals surface area contributed by atoms with Gasteiger partial charge in [-0.1, -0.05) is 13.3 Å². The number of nitrogens with one attached hydrogen (secondary N) is 2. The van der Waals surface area contributed by atoms with Crippen LogP contribution < -0.4 is 10.6 Å². The molecule has 1 aliphatic heterocycles. The third kappa shape index (κ3) is 8.97. The number of piperidine rings is 1. The van der Waals surface area contributed by atoms with Gasteiger partial charge < -0.3 is 20.1 Å². The summed E-state index contributed by atoms with van der Waals surface area (Å²) in [4.78, 5) is 11.5. The highest BCUT2D eigenvalue weighted by molar-refractivity contribution is 5.75. The molecule has 0 aliphatic carbocycles. The fraction of sp³-hybridized carbons (Fsp3) is 0.929. The summed E-state index contributed by atoms with van der Waals surface area (Å²) in [5.41, 5.74) is 0. The molecule has 0 aromatic rings. The summed E-state index contributed by atoms with van der Waals surface area (Å²) in [6.45, 7) is 6.67. The van der Waals surface area contributed by atoms with Gasteiger partial charge in [0.25, 0.3) is 0 Å². The van der Waals surface area contributed by atoms with Gasteiger partial charge in [0, 0.05) is 19.6 Å². The van der Waals surface area contributed by atoms with Gasteiger partial charge >= 0.3 is 0 Å². The van der Waals surface area contributed by atoms with E-state index in [1.807, 2.05) is 0 Å². The molecule has 0 saturated carbocycles. The van der Waals surface area contributed by atoms with Crippen LogP contribution in [0.25, 0.3) is 0 Å². The van der Waals surface area contributed by atoms with E-state index in [-0.39, 0.29) is 5.91 Å². The number of carbonyl (C=O) groups excluding carboxylic acids is 1. The van der Waals surface area contributed by atoms with Crippen LogP contribution in [0.1, 0.15) is 39.0 Å². The lowest BCUT2D eigenvalue weighted by Gasteiger charge is -2.22. The van der Waals surface area contributed by atoms with E-state index in [4.69, 9.17) is 9.47 Å². The lowest BCUT2D eigenvalue weighted by molar-refractivity contribution is -0.123. The Labute approximate surface area is 116 Å². The molecule has 0 atom stereocenters. The van der Waals surface area contributed by atoms with Crippen molar-refractivity contribution in [2.45, 2.75) is 45.1 Å². The van der Waals surface area contributed by atoms with Crippen LogP contribution in [0.3, 0.4) is 0 Å². The molecule has 1 amide bonds. The van der Waals surface area contributed by atoms with Gasteiger partial charge in [0.1, 0.15) is 0 Å². The van der Waals surface area contributed by atoms with Gasteiger partial charge in [-0.15, -0.1) is 0 Å². The van der Waals surface area contributed by atoms with Gasteiger partial charge in [0.05, 0.1) is 19.3 Å². The highest BCUT2D eigenvalue weighted by atomic mass is 16.5. The van der Waals surface area contributed by atoms with Gasteiger partial charge in [0.15, 0.2) is 0 Å². The molecule has 0 unspecified atom stereocenters. The molecule has 1 rings (SSSR count). The fourth-order valence-corrected chi connectivity index (χ4v) is 1.98. The van der Waals surface area contributed by atoms with Crippen LogP contribution in [0.2, 0.25) is 0 Å². The first-order valence-electron chi connectivity index (χ1n) is 7.49. The summed E-state index contributed by atoms with van der Waals surface area (Å²) in [5, 5.41) is 6.13. The van der Waals surface area contributed by atoms with Crippen molar-refractivity contribution in [2.24, 2.45) is 0 Å². The monoisotopic (exact) mass is 272 g/mol. The summed E-state index contributed by atoms with van der Waals surface area (Å²) in [5.74, 6) is 0.0491. The number of rotatable bonds is 10. The van der Waals surface area contributed by atoms with Crippen LogP contribution in [-0.2, 0) is 14.3 Å². The van der Waals surface area contributed by atoms with Crippen LogP contribution in [0.15, 0.2) is 0 Å². The Morgan fingerprint density at radius 1 is 1.26 bits per heavy atom. The first-order chi connectivity index (χ1) is 9.33. The zero-order valence-electron chi connectivity index (χ0n) is 12.1. The Morgan fingerprint density at radius 2 is 2.05 bits per heavy atom. The molecular weight excluding hydrogens is 244 g/mol. The maximum Gasteiger partial charge on any atom is 0.222 e. The highest BCUT2D eigenvalue weighted by Gasteiger charge is 2.13. The highest BCUT2D eigenvalue weighted by Crippen LogP contribution is 2.07. The molecule has 112 valence electrons. The molecule has 5 heteroatoms. The normalized spacial score (nSPS) is 16.5. The number of hydrogen-bond donors (Lipinski definition) is 2. The van der Waals surface area contributed by atoms with Crippen LogP contribution >= 0.6 is 0 Å². The van der Waals surface area contributed by atoms with Crippen molar-refractivity contribution in [3.63, 3.8) is 0 Å². The van der Waals surface area contributed by atoms with Crippen molar-refractivity contribution in [1.82, 2.24) is 10.6 Å². The zero-order valence-corrected chi connectivity index (χ0v) is 12.1. The quantitative estimate of drug-likeness (QED) is 0.584. The van der Waals surface area contributed by atoms with E-state index in [1.54, 1.807) is 0 Å². The molecule has 1 fully saturated rings. The van der Waals surface area contributed by atoms with Crippen molar-refractivity contribution in [2.75, 3.05) is 39.5 Å². The van der Waals surface area contributed by atoms with Crippen molar-refractivity contribution in [1.29, 1.82) is 0 Å². The smallest absolute Gasteiger partial charge is 0.222 e. The van der Waals surface area contributed by atoms with E-state index in [9.17, 15) is 4.79 Å².